The van der Waals surface area contributed by atoms with Crippen LogP contribution < -0.4 is 5.73 Å². The van der Waals surface area contributed by atoms with E-state index in [2.05, 4.69) is 4.98 Å². The second-order valence-corrected chi connectivity index (χ2v) is 4.07. The average molecular weight is 232 g/mol. The van der Waals surface area contributed by atoms with Crippen LogP contribution in [0.2, 0.25) is 0 Å². The molecule has 0 saturated heterocycles. The van der Waals surface area contributed by atoms with Crippen molar-refractivity contribution < 1.29 is 9.90 Å². The highest BCUT2D eigenvalue weighted by Gasteiger charge is 2.14. The Hall–Kier alpha value is -1.81. The lowest BCUT2D eigenvalue weighted by molar-refractivity contribution is 0.0995. The summed E-state index contributed by atoms with van der Waals surface area (Å²) in [6, 6.07) is 7.77. The molecule has 4 N–H and O–H groups in total. The summed E-state index contributed by atoms with van der Waals surface area (Å²) in [5.41, 5.74) is 7.74. The minimum atomic E-state index is -0.430. The fourth-order valence-corrected chi connectivity index (χ4v) is 2.08. The van der Waals surface area contributed by atoms with Gasteiger partial charge < -0.3 is 15.8 Å². The summed E-state index contributed by atoms with van der Waals surface area (Å²) < 4.78 is 0. The molecule has 0 atom stereocenters. The maximum Gasteiger partial charge on any atom is 0.265 e. The first-order valence-corrected chi connectivity index (χ1v) is 5.74. The molecular formula is C13H16N2O2. The summed E-state index contributed by atoms with van der Waals surface area (Å²) in [7, 11) is 0. The number of aryl methyl sites for hydroxylation is 1. The Kier molecular flexibility index (Phi) is 3.44. The van der Waals surface area contributed by atoms with Crippen molar-refractivity contribution in [2.24, 2.45) is 5.73 Å². The summed E-state index contributed by atoms with van der Waals surface area (Å²) in [4.78, 5) is 14.4. The van der Waals surface area contributed by atoms with Crippen molar-refractivity contribution in [1.82, 2.24) is 4.98 Å². The Morgan fingerprint density at radius 3 is 2.76 bits per heavy atom. The van der Waals surface area contributed by atoms with E-state index in [1.54, 1.807) is 0 Å². The van der Waals surface area contributed by atoms with Gasteiger partial charge in [0.05, 0.1) is 0 Å². The number of carbonyl (C=O) groups is 1. The van der Waals surface area contributed by atoms with E-state index in [1.807, 2.05) is 24.3 Å². The van der Waals surface area contributed by atoms with Crippen LogP contribution in [0.3, 0.4) is 0 Å². The van der Waals surface area contributed by atoms with Crippen molar-refractivity contribution in [3.05, 3.63) is 35.5 Å². The number of hydrogen-bond acceptors (Lipinski definition) is 2. The van der Waals surface area contributed by atoms with Gasteiger partial charge in [-0.15, -0.1) is 0 Å². The van der Waals surface area contributed by atoms with Gasteiger partial charge in [-0.05, 0) is 30.9 Å². The molecule has 17 heavy (non-hydrogen) atoms. The molecule has 1 heterocycles. The zero-order valence-electron chi connectivity index (χ0n) is 9.57. The first kappa shape index (κ1) is 11.7. The average Bonchev–Trinajstić information content (AvgIpc) is 2.69. The minimum Gasteiger partial charge on any atom is -0.396 e. The molecule has 1 amide bonds. The number of hydrogen-bond donors (Lipinski definition) is 3. The number of aliphatic hydroxyl groups excluding tert-OH is 1. The highest BCUT2D eigenvalue weighted by Crippen LogP contribution is 2.23. The van der Waals surface area contributed by atoms with E-state index in [-0.39, 0.29) is 6.61 Å². The highest BCUT2D eigenvalue weighted by atomic mass is 16.2. The quantitative estimate of drug-likeness (QED) is 0.684. The molecule has 4 heteroatoms. The molecule has 0 spiro atoms. The number of aliphatic hydroxyl groups is 1. The molecule has 0 radical (unpaired) electrons. The summed E-state index contributed by atoms with van der Waals surface area (Å²) >= 11 is 0. The van der Waals surface area contributed by atoms with E-state index in [9.17, 15) is 4.79 Å². The van der Waals surface area contributed by atoms with Crippen LogP contribution in [0.15, 0.2) is 24.3 Å². The Bertz CT molecular complexity index is 531. The molecule has 2 aromatic rings. The predicted octanol–water partition coefficient (Wildman–Crippen LogP) is 1.58. The van der Waals surface area contributed by atoms with Gasteiger partial charge in [0.15, 0.2) is 0 Å². The number of rotatable bonds is 5. The number of para-hydroxylation sites is 1. The van der Waals surface area contributed by atoms with Gasteiger partial charge in [0.25, 0.3) is 5.91 Å². The van der Waals surface area contributed by atoms with Crippen LogP contribution in [0.25, 0.3) is 10.9 Å². The van der Waals surface area contributed by atoms with Crippen molar-refractivity contribution in [2.75, 3.05) is 6.61 Å². The van der Waals surface area contributed by atoms with Gasteiger partial charge in [0.2, 0.25) is 0 Å². The number of carbonyl (C=O) groups excluding carboxylic acids is 1. The molecule has 0 unspecified atom stereocenters. The number of aromatic amines is 1. The van der Waals surface area contributed by atoms with Crippen molar-refractivity contribution in [3.8, 4) is 0 Å². The molecular weight excluding hydrogens is 216 g/mol. The third-order valence-electron chi connectivity index (χ3n) is 2.89. The summed E-state index contributed by atoms with van der Waals surface area (Å²) in [6.07, 6.45) is 2.33. The fourth-order valence-electron chi connectivity index (χ4n) is 2.08. The highest BCUT2D eigenvalue weighted by molar-refractivity contribution is 6.00. The van der Waals surface area contributed by atoms with E-state index in [0.29, 0.717) is 5.69 Å². The number of amides is 1. The second-order valence-electron chi connectivity index (χ2n) is 4.07. The predicted molar refractivity (Wildman–Crippen MR) is 66.8 cm³/mol. The van der Waals surface area contributed by atoms with Crippen LogP contribution in [0, 0.1) is 0 Å². The Labute approximate surface area is 99.4 Å². The van der Waals surface area contributed by atoms with Gasteiger partial charge in [0.1, 0.15) is 5.69 Å². The van der Waals surface area contributed by atoms with E-state index in [0.717, 1.165) is 35.7 Å². The van der Waals surface area contributed by atoms with Gasteiger partial charge in [0, 0.05) is 17.5 Å². The van der Waals surface area contributed by atoms with Gasteiger partial charge >= 0.3 is 0 Å². The number of fused-ring (bicyclic) bond motifs is 1. The maximum atomic E-state index is 11.4. The maximum absolute atomic E-state index is 11.4. The van der Waals surface area contributed by atoms with Crippen molar-refractivity contribution in [3.63, 3.8) is 0 Å². The molecule has 0 saturated carbocycles. The molecule has 0 aliphatic carbocycles. The molecule has 4 nitrogen and oxygen atoms in total. The number of unbranched alkanes of at least 4 members (excludes halogenated alkanes) is 1. The van der Waals surface area contributed by atoms with Crippen LogP contribution in [-0.2, 0) is 6.42 Å². The molecule has 1 aromatic heterocycles. The third kappa shape index (κ3) is 2.31. The van der Waals surface area contributed by atoms with Gasteiger partial charge in [-0.2, -0.15) is 0 Å². The Balaban J connectivity index is 2.41. The molecule has 0 bridgehead atoms. The lowest BCUT2D eigenvalue weighted by atomic mass is 10.0. The monoisotopic (exact) mass is 232 g/mol. The number of nitrogens with one attached hydrogen (secondary N) is 1. The minimum absolute atomic E-state index is 0.175. The lowest BCUT2D eigenvalue weighted by Gasteiger charge is -2.01. The van der Waals surface area contributed by atoms with Crippen molar-refractivity contribution >= 4 is 16.8 Å². The fraction of sp³-hybridized carbons (Fsp3) is 0.308. The lowest BCUT2D eigenvalue weighted by Crippen LogP contribution is -2.13. The van der Waals surface area contributed by atoms with Crippen LogP contribution in [-0.4, -0.2) is 22.6 Å². The van der Waals surface area contributed by atoms with E-state index in [4.69, 9.17) is 10.8 Å². The summed E-state index contributed by atoms with van der Waals surface area (Å²) in [6.45, 7) is 0.175. The first-order valence-electron chi connectivity index (χ1n) is 5.74. The second kappa shape index (κ2) is 5.01. The zero-order valence-corrected chi connectivity index (χ0v) is 9.57. The van der Waals surface area contributed by atoms with Gasteiger partial charge in [-0.3, -0.25) is 4.79 Å². The molecule has 0 aliphatic rings. The van der Waals surface area contributed by atoms with Crippen LogP contribution in [0.1, 0.15) is 28.9 Å². The zero-order chi connectivity index (χ0) is 12.3. The SMILES string of the molecule is NC(=O)c1[nH]c2ccccc2c1CCCCO. The number of benzene rings is 1. The van der Waals surface area contributed by atoms with Gasteiger partial charge in [-0.25, -0.2) is 0 Å². The number of nitrogens with two attached hydrogens (primary N) is 1. The van der Waals surface area contributed by atoms with Crippen LogP contribution >= 0.6 is 0 Å². The normalized spacial score (nSPS) is 10.9. The Morgan fingerprint density at radius 2 is 2.06 bits per heavy atom. The standard InChI is InChI=1S/C13H16N2O2/c14-13(17)12-10(6-3-4-8-16)9-5-1-2-7-11(9)15-12/h1-2,5,7,15-16H,3-4,6,8H2,(H2,14,17). The summed E-state index contributed by atoms with van der Waals surface area (Å²) in [5.74, 6) is -0.430. The molecule has 2 rings (SSSR count). The molecule has 1 aromatic carbocycles. The summed E-state index contributed by atoms with van der Waals surface area (Å²) in [5, 5.41) is 9.83. The smallest absolute Gasteiger partial charge is 0.265 e. The van der Waals surface area contributed by atoms with Crippen molar-refractivity contribution in [2.45, 2.75) is 19.3 Å². The molecule has 0 aliphatic heterocycles. The number of aromatic nitrogens is 1. The number of H-pyrrole nitrogens is 1. The molecule has 0 fully saturated rings. The largest absolute Gasteiger partial charge is 0.396 e. The van der Waals surface area contributed by atoms with E-state index >= 15 is 0 Å². The topological polar surface area (TPSA) is 79.1 Å². The van der Waals surface area contributed by atoms with E-state index < -0.39 is 5.91 Å². The first-order chi connectivity index (χ1) is 8.24. The molecule has 90 valence electrons. The van der Waals surface area contributed by atoms with Crippen molar-refractivity contribution in [1.29, 1.82) is 0 Å². The van der Waals surface area contributed by atoms with E-state index in [1.165, 1.54) is 0 Å². The number of primary amides is 1. The Morgan fingerprint density at radius 1 is 1.29 bits per heavy atom. The third-order valence-corrected chi connectivity index (χ3v) is 2.89. The van der Waals surface area contributed by atoms with Gasteiger partial charge in [-0.1, -0.05) is 18.2 Å². The van der Waals surface area contributed by atoms with Crippen LogP contribution in [0.5, 0.6) is 0 Å². The van der Waals surface area contributed by atoms with Crippen LogP contribution in [0.4, 0.5) is 0 Å².